The highest BCUT2D eigenvalue weighted by molar-refractivity contribution is 5.93. The molecule has 2 aliphatic rings. The monoisotopic (exact) mass is 265 g/mol. The molecule has 6 heteroatoms. The number of hydrogen-bond donors (Lipinski definition) is 0. The van der Waals surface area contributed by atoms with Crippen molar-refractivity contribution in [1.82, 2.24) is 14.7 Å². The molecule has 1 atom stereocenters. The minimum Gasteiger partial charge on any atom is -0.348 e. The van der Waals surface area contributed by atoms with E-state index in [1.54, 1.807) is 17.1 Å². The first-order chi connectivity index (χ1) is 9.19. The van der Waals surface area contributed by atoms with Crippen molar-refractivity contribution in [1.29, 1.82) is 0 Å². The number of nitrogens with zero attached hydrogens (tertiary/aromatic N) is 3. The Labute approximate surface area is 112 Å². The number of ether oxygens (including phenoxy) is 2. The van der Waals surface area contributed by atoms with Crippen molar-refractivity contribution in [3.05, 3.63) is 18.0 Å². The average molecular weight is 265 g/mol. The van der Waals surface area contributed by atoms with E-state index in [-0.39, 0.29) is 5.91 Å². The van der Waals surface area contributed by atoms with Crippen LogP contribution in [0.15, 0.2) is 12.4 Å². The van der Waals surface area contributed by atoms with Gasteiger partial charge < -0.3 is 14.4 Å². The molecule has 19 heavy (non-hydrogen) atoms. The Hall–Kier alpha value is -1.40. The zero-order chi connectivity index (χ0) is 13.3. The maximum absolute atomic E-state index is 12.4. The number of morpholine rings is 1. The second kappa shape index (κ2) is 4.94. The Morgan fingerprint density at radius 1 is 1.37 bits per heavy atom. The molecular weight excluding hydrogens is 246 g/mol. The lowest BCUT2D eigenvalue weighted by Crippen LogP contribution is -2.56. The van der Waals surface area contributed by atoms with E-state index in [1.807, 2.05) is 11.9 Å². The molecule has 3 heterocycles. The Morgan fingerprint density at radius 3 is 2.89 bits per heavy atom. The van der Waals surface area contributed by atoms with Crippen LogP contribution in [-0.2, 0) is 16.5 Å². The maximum Gasteiger partial charge on any atom is 0.257 e. The number of aromatic nitrogens is 2. The van der Waals surface area contributed by atoms with E-state index < -0.39 is 5.79 Å². The quantitative estimate of drug-likeness (QED) is 0.753. The predicted octanol–water partition coefficient (Wildman–Crippen LogP) is 0.789. The third kappa shape index (κ3) is 2.50. The Kier molecular flexibility index (Phi) is 3.28. The first kappa shape index (κ1) is 12.6. The number of carbonyl (C=O) groups is 1. The molecule has 1 aromatic heterocycles. The molecule has 2 saturated heterocycles. The van der Waals surface area contributed by atoms with E-state index in [0.29, 0.717) is 25.3 Å². The van der Waals surface area contributed by atoms with Gasteiger partial charge in [-0.05, 0) is 12.8 Å². The highest BCUT2D eigenvalue weighted by Crippen LogP contribution is 2.30. The van der Waals surface area contributed by atoms with Gasteiger partial charge in [-0.25, -0.2) is 0 Å². The fourth-order valence-electron chi connectivity index (χ4n) is 2.71. The third-order valence-electron chi connectivity index (χ3n) is 3.71. The van der Waals surface area contributed by atoms with Crippen molar-refractivity contribution in [2.24, 2.45) is 7.05 Å². The summed E-state index contributed by atoms with van der Waals surface area (Å²) >= 11 is 0. The molecule has 2 aliphatic heterocycles. The van der Waals surface area contributed by atoms with Crippen LogP contribution >= 0.6 is 0 Å². The summed E-state index contributed by atoms with van der Waals surface area (Å²) in [6, 6.07) is 0. The van der Waals surface area contributed by atoms with E-state index in [2.05, 4.69) is 5.10 Å². The van der Waals surface area contributed by atoms with Crippen LogP contribution in [0.3, 0.4) is 0 Å². The van der Waals surface area contributed by atoms with Crippen molar-refractivity contribution < 1.29 is 14.3 Å². The van der Waals surface area contributed by atoms with E-state index in [1.165, 1.54) is 0 Å². The number of rotatable bonds is 1. The van der Waals surface area contributed by atoms with Gasteiger partial charge in [-0.1, -0.05) is 0 Å². The van der Waals surface area contributed by atoms with Crippen LogP contribution < -0.4 is 0 Å². The standard InChI is InChI=1S/C13H19N3O3/c1-15-9-11(8-14-15)12(17)16-5-7-19-13(10-16)4-2-3-6-18-13/h8-9H,2-7,10H2,1H3. The topological polar surface area (TPSA) is 56.6 Å². The van der Waals surface area contributed by atoms with E-state index in [0.717, 1.165) is 25.9 Å². The first-order valence-corrected chi connectivity index (χ1v) is 6.74. The molecule has 104 valence electrons. The van der Waals surface area contributed by atoms with Crippen LogP contribution in [0.25, 0.3) is 0 Å². The molecule has 1 aromatic rings. The molecule has 0 aliphatic carbocycles. The van der Waals surface area contributed by atoms with Gasteiger partial charge in [-0.3, -0.25) is 9.48 Å². The molecular formula is C13H19N3O3. The van der Waals surface area contributed by atoms with Crippen LogP contribution in [0.2, 0.25) is 0 Å². The lowest BCUT2D eigenvalue weighted by atomic mass is 10.0. The van der Waals surface area contributed by atoms with E-state index in [4.69, 9.17) is 9.47 Å². The SMILES string of the molecule is Cn1cc(C(=O)N2CCOC3(CCCCO3)C2)cn1. The summed E-state index contributed by atoms with van der Waals surface area (Å²) in [4.78, 5) is 14.2. The van der Waals surface area contributed by atoms with E-state index >= 15 is 0 Å². The summed E-state index contributed by atoms with van der Waals surface area (Å²) in [5.74, 6) is -0.570. The minimum absolute atomic E-state index is 0.00458. The van der Waals surface area contributed by atoms with Gasteiger partial charge in [0, 0.05) is 26.2 Å². The molecule has 3 rings (SSSR count). The van der Waals surface area contributed by atoms with Gasteiger partial charge in [0.15, 0.2) is 5.79 Å². The molecule has 2 fully saturated rings. The third-order valence-corrected chi connectivity index (χ3v) is 3.71. The van der Waals surface area contributed by atoms with Crippen molar-refractivity contribution in [3.63, 3.8) is 0 Å². The predicted molar refractivity (Wildman–Crippen MR) is 67.6 cm³/mol. The second-order valence-electron chi connectivity index (χ2n) is 5.19. The fraction of sp³-hybridized carbons (Fsp3) is 0.692. The molecule has 0 N–H and O–H groups in total. The lowest BCUT2D eigenvalue weighted by Gasteiger charge is -2.44. The molecule has 6 nitrogen and oxygen atoms in total. The summed E-state index contributed by atoms with van der Waals surface area (Å²) in [5.41, 5.74) is 0.621. The number of hydrogen-bond acceptors (Lipinski definition) is 4. The molecule has 0 radical (unpaired) electrons. The van der Waals surface area contributed by atoms with E-state index in [9.17, 15) is 4.79 Å². The highest BCUT2D eigenvalue weighted by atomic mass is 16.7. The van der Waals surface area contributed by atoms with Crippen LogP contribution in [0.4, 0.5) is 0 Å². The first-order valence-electron chi connectivity index (χ1n) is 6.74. The van der Waals surface area contributed by atoms with Crippen LogP contribution in [0, 0.1) is 0 Å². The summed E-state index contributed by atoms with van der Waals surface area (Å²) in [6.45, 7) is 2.38. The fourth-order valence-corrected chi connectivity index (χ4v) is 2.71. The van der Waals surface area contributed by atoms with Gasteiger partial charge in [-0.2, -0.15) is 5.10 Å². The summed E-state index contributed by atoms with van der Waals surface area (Å²) in [5, 5.41) is 4.04. The summed E-state index contributed by atoms with van der Waals surface area (Å²) in [6.07, 6.45) is 6.37. The molecule has 1 unspecified atom stereocenters. The molecule has 0 bridgehead atoms. The Morgan fingerprint density at radius 2 is 2.21 bits per heavy atom. The smallest absolute Gasteiger partial charge is 0.257 e. The largest absolute Gasteiger partial charge is 0.348 e. The molecule has 1 amide bonds. The van der Waals surface area contributed by atoms with Crippen molar-refractivity contribution in [2.75, 3.05) is 26.3 Å². The van der Waals surface area contributed by atoms with Gasteiger partial charge >= 0.3 is 0 Å². The zero-order valence-electron chi connectivity index (χ0n) is 11.2. The molecule has 0 saturated carbocycles. The van der Waals surface area contributed by atoms with Crippen LogP contribution in [0.5, 0.6) is 0 Å². The van der Waals surface area contributed by atoms with Gasteiger partial charge in [0.05, 0.1) is 31.5 Å². The zero-order valence-corrected chi connectivity index (χ0v) is 11.2. The van der Waals surface area contributed by atoms with Gasteiger partial charge in [0.25, 0.3) is 5.91 Å². The summed E-state index contributed by atoms with van der Waals surface area (Å²) in [7, 11) is 1.81. The lowest BCUT2D eigenvalue weighted by molar-refractivity contribution is -0.277. The van der Waals surface area contributed by atoms with Crippen LogP contribution in [0.1, 0.15) is 29.6 Å². The average Bonchev–Trinajstić information content (AvgIpc) is 2.85. The van der Waals surface area contributed by atoms with Crippen LogP contribution in [-0.4, -0.2) is 52.7 Å². The van der Waals surface area contributed by atoms with Crippen molar-refractivity contribution in [2.45, 2.75) is 25.0 Å². The van der Waals surface area contributed by atoms with Crippen molar-refractivity contribution >= 4 is 5.91 Å². The summed E-state index contributed by atoms with van der Waals surface area (Å²) < 4.78 is 13.2. The Balaban J connectivity index is 1.72. The molecule has 1 spiro atoms. The number of aryl methyl sites for hydroxylation is 1. The van der Waals surface area contributed by atoms with Gasteiger partial charge in [0.2, 0.25) is 0 Å². The number of amides is 1. The minimum atomic E-state index is -0.575. The normalized spacial score (nSPS) is 27.7. The van der Waals surface area contributed by atoms with Gasteiger partial charge in [-0.15, -0.1) is 0 Å². The molecule has 0 aromatic carbocycles. The maximum atomic E-state index is 12.4. The Bertz CT molecular complexity index is 460. The second-order valence-corrected chi connectivity index (χ2v) is 5.19. The van der Waals surface area contributed by atoms with Crippen molar-refractivity contribution in [3.8, 4) is 0 Å². The van der Waals surface area contributed by atoms with Gasteiger partial charge in [0.1, 0.15) is 0 Å². The number of carbonyl (C=O) groups excluding carboxylic acids is 1. The highest BCUT2D eigenvalue weighted by Gasteiger charge is 2.40.